The summed E-state index contributed by atoms with van der Waals surface area (Å²) in [7, 11) is 4.92. The van der Waals surface area contributed by atoms with Crippen LogP contribution in [0.15, 0.2) is 60.7 Å². The number of rotatable bonds is 12. The van der Waals surface area contributed by atoms with Crippen LogP contribution in [0, 0.1) is 12.7 Å². The Bertz CT molecular complexity index is 2260. The molecule has 1 aliphatic carbocycles. The van der Waals surface area contributed by atoms with Crippen molar-refractivity contribution in [3.63, 3.8) is 0 Å². The minimum absolute atomic E-state index is 0.00890. The van der Waals surface area contributed by atoms with Crippen LogP contribution >= 0.6 is 23.2 Å². The van der Waals surface area contributed by atoms with E-state index in [-0.39, 0.29) is 41.4 Å². The molecule has 3 N–H and O–H groups in total. The number of ether oxygens (including phenoxy) is 3. The lowest BCUT2D eigenvalue weighted by molar-refractivity contribution is 0.101. The van der Waals surface area contributed by atoms with Crippen LogP contribution in [0.25, 0.3) is 11.1 Å². The third-order valence-corrected chi connectivity index (χ3v) is 11.4. The van der Waals surface area contributed by atoms with E-state index in [1.165, 1.54) is 7.11 Å². The molecule has 1 amide bonds. The van der Waals surface area contributed by atoms with Gasteiger partial charge in [-0.1, -0.05) is 59.6 Å². The molecule has 0 fully saturated rings. The monoisotopic (exact) mass is 787 g/mol. The van der Waals surface area contributed by atoms with Gasteiger partial charge in [0, 0.05) is 56.5 Å². The number of aryl methyl sites for hydroxylation is 1. The van der Waals surface area contributed by atoms with Crippen LogP contribution in [0.1, 0.15) is 63.7 Å². The van der Waals surface area contributed by atoms with Gasteiger partial charge in [-0.15, -0.1) is 0 Å². The second-order valence-corrected chi connectivity index (χ2v) is 14.8. The van der Waals surface area contributed by atoms with Crippen molar-refractivity contribution in [1.29, 1.82) is 0 Å². The summed E-state index contributed by atoms with van der Waals surface area (Å²) < 4.78 is 35.3. The van der Waals surface area contributed by atoms with Crippen molar-refractivity contribution in [2.45, 2.75) is 58.3 Å². The van der Waals surface area contributed by atoms with Crippen LogP contribution < -0.4 is 24.8 Å². The van der Waals surface area contributed by atoms with E-state index in [1.807, 2.05) is 74.0 Å². The van der Waals surface area contributed by atoms with Crippen molar-refractivity contribution in [2.24, 2.45) is 7.05 Å². The number of nitrogens with one attached hydrogen (secondary N) is 2. The molecule has 1 aliphatic heterocycles. The standard InChI is InChI=1S/C42H44Cl2FN5O5/c1-23-12-14-30(36(18-23)54-5)46-20-29-35(53-4)19-37(39(44)40(29)45)55-34-15-13-26-25(8-6-9-27(26)34)28-10-7-11-31(38(28)43)48-42(52)41-47-32-21-50(24(2)22-51)17-16-33(32)49(41)3/h6-12,14,18-19,24,34,46,51H,13,15-17,20-22H2,1-5H3,(H,48,52). The Morgan fingerprint density at radius 2 is 1.76 bits per heavy atom. The molecule has 13 heteroatoms. The third-order valence-electron chi connectivity index (χ3n) is 10.7. The number of anilines is 2. The summed E-state index contributed by atoms with van der Waals surface area (Å²) >= 11 is 13.7. The third kappa shape index (κ3) is 7.46. The number of imidazole rings is 1. The molecule has 0 bridgehead atoms. The number of methoxy groups -OCH3 is 2. The Morgan fingerprint density at radius 3 is 2.53 bits per heavy atom. The first kappa shape index (κ1) is 38.5. The van der Waals surface area contributed by atoms with E-state index in [0.29, 0.717) is 53.1 Å². The molecule has 7 rings (SSSR count). The number of nitrogens with zero attached hydrogens (tertiary/aromatic N) is 3. The molecule has 2 atom stereocenters. The maximum Gasteiger partial charge on any atom is 0.291 e. The van der Waals surface area contributed by atoms with Gasteiger partial charge in [-0.05, 0) is 67.1 Å². The molecule has 2 unspecified atom stereocenters. The number of fused-ring (bicyclic) bond motifs is 2. The Labute approximate surface area is 330 Å². The lowest BCUT2D eigenvalue weighted by atomic mass is 9.96. The molecule has 2 aliphatic rings. The van der Waals surface area contributed by atoms with Crippen molar-refractivity contribution < 1.29 is 28.5 Å². The maximum absolute atomic E-state index is 15.9. The van der Waals surface area contributed by atoms with Crippen molar-refractivity contribution in [3.05, 3.63) is 116 Å². The first-order chi connectivity index (χ1) is 26.5. The number of aromatic nitrogens is 2. The van der Waals surface area contributed by atoms with Crippen LogP contribution in [-0.2, 0) is 33.0 Å². The molecular weight excluding hydrogens is 744 g/mol. The Kier molecular flexibility index (Phi) is 11.3. The van der Waals surface area contributed by atoms with E-state index < -0.39 is 11.9 Å². The van der Waals surface area contributed by atoms with Crippen molar-refractivity contribution in [1.82, 2.24) is 14.5 Å². The Morgan fingerprint density at radius 1 is 1.00 bits per heavy atom. The molecule has 0 spiro atoms. The SMILES string of the molecule is COc1cc(C)ccc1NCc1c(OC)cc(OC2CCc3c(-c4cccc(NC(=O)c5nc6c(n5C)CCN(C(C)CO)C6)c4Cl)cccc32)c(Cl)c1F. The lowest BCUT2D eigenvalue weighted by Gasteiger charge is -2.30. The summed E-state index contributed by atoms with van der Waals surface area (Å²) in [6.07, 6.45) is 1.66. The van der Waals surface area contributed by atoms with Gasteiger partial charge in [0.05, 0.1) is 48.5 Å². The number of benzene rings is 4. The normalized spacial score (nSPS) is 15.6. The van der Waals surface area contributed by atoms with Crippen molar-refractivity contribution in [3.8, 4) is 28.4 Å². The van der Waals surface area contributed by atoms with Crippen molar-refractivity contribution in [2.75, 3.05) is 38.0 Å². The first-order valence-corrected chi connectivity index (χ1v) is 19.0. The largest absolute Gasteiger partial charge is 0.496 e. The predicted octanol–water partition coefficient (Wildman–Crippen LogP) is 8.53. The maximum atomic E-state index is 15.9. The minimum Gasteiger partial charge on any atom is -0.496 e. The number of aliphatic hydroxyl groups is 1. The van der Waals surface area contributed by atoms with E-state index in [4.69, 9.17) is 42.4 Å². The quantitative estimate of drug-likeness (QED) is 0.116. The highest BCUT2D eigenvalue weighted by Gasteiger charge is 2.31. The molecule has 4 aromatic carbocycles. The smallest absolute Gasteiger partial charge is 0.291 e. The zero-order valence-corrected chi connectivity index (χ0v) is 32.9. The Balaban J connectivity index is 1.10. The lowest BCUT2D eigenvalue weighted by Crippen LogP contribution is -2.39. The molecule has 1 aromatic heterocycles. The average Bonchev–Trinajstić information content (AvgIpc) is 3.76. The van der Waals surface area contributed by atoms with Gasteiger partial charge in [0.1, 0.15) is 28.4 Å². The summed E-state index contributed by atoms with van der Waals surface area (Å²) in [5.74, 6) is 0.444. The predicted molar refractivity (Wildman–Crippen MR) is 213 cm³/mol. The van der Waals surface area contributed by atoms with E-state index in [1.54, 1.807) is 19.2 Å². The summed E-state index contributed by atoms with van der Waals surface area (Å²) in [6, 6.07) is 18.9. The number of amides is 1. The van der Waals surface area contributed by atoms with Gasteiger partial charge in [-0.2, -0.15) is 0 Å². The number of hydrogen-bond acceptors (Lipinski definition) is 8. The topological polar surface area (TPSA) is 110 Å². The van der Waals surface area contributed by atoms with Gasteiger partial charge in [-0.3, -0.25) is 9.69 Å². The number of aliphatic hydroxyl groups excluding tert-OH is 1. The number of carbonyl (C=O) groups is 1. The fourth-order valence-electron chi connectivity index (χ4n) is 7.58. The van der Waals surface area contributed by atoms with Crippen LogP contribution in [0.5, 0.6) is 17.2 Å². The second kappa shape index (κ2) is 16.1. The van der Waals surface area contributed by atoms with Gasteiger partial charge in [0.2, 0.25) is 0 Å². The summed E-state index contributed by atoms with van der Waals surface area (Å²) in [6.45, 7) is 5.47. The van der Waals surface area contributed by atoms with E-state index >= 15 is 4.39 Å². The zero-order valence-electron chi connectivity index (χ0n) is 31.4. The zero-order chi connectivity index (χ0) is 39.0. The highest BCUT2D eigenvalue weighted by atomic mass is 35.5. The molecule has 55 heavy (non-hydrogen) atoms. The fourth-order valence-corrected chi connectivity index (χ4v) is 8.07. The molecule has 5 aromatic rings. The molecule has 2 heterocycles. The fraction of sp³-hybridized carbons (Fsp3) is 0.333. The highest BCUT2D eigenvalue weighted by Crippen LogP contribution is 2.45. The molecule has 0 radical (unpaired) electrons. The molecule has 288 valence electrons. The van der Waals surface area contributed by atoms with Crippen LogP contribution in [0.2, 0.25) is 10.0 Å². The van der Waals surface area contributed by atoms with Gasteiger partial charge in [0.25, 0.3) is 5.91 Å². The summed E-state index contributed by atoms with van der Waals surface area (Å²) in [5, 5.41) is 16.1. The number of carbonyl (C=O) groups excluding carboxylic acids is 1. The van der Waals surface area contributed by atoms with Gasteiger partial charge in [0.15, 0.2) is 11.6 Å². The van der Waals surface area contributed by atoms with Gasteiger partial charge >= 0.3 is 0 Å². The van der Waals surface area contributed by atoms with Gasteiger partial charge < -0.3 is 34.5 Å². The van der Waals surface area contributed by atoms with Crippen LogP contribution in [0.3, 0.4) is 0 Å². The van der Waals surface area contributed by atoms with E-state index in [9.17, 15) is 9.90 Å². The van der Waals surface area contributed by atoms with Gasteiger partial charge in [-0.25, -0.2) is 9.37 Å². The summed E-state index contributed by atoms with van der Waals surface area (Å²) in [5.41, 5.74) is 8.00. The number of hydrogen-bond donors (Lipinski definition) is 3. The number of halogens is 3. The second-order valence-electron chi connectivity index (χ2n) is 14.0. The molecule has 10 nitrogen and oxygen atoms in total. The van der Waals surface area contributed by atoms with E-state index in [2.05, 4.69) is 15.5 Å². The molecule has 0 saturated carbocycles. The Hall–Kier alpha value is -4.81. The van der Waals surface area contributed by atoms with Crippen LogP contribution in [0.4, 0.5) is 15.8 Å². The molecule has 0 saturated heterocycles. The summed E-state index contributed by atoms with van der Waals surface area (Å²) in [4.78, 5) is 20.5. The van der Waals surface area contributed by atoms with Crippen LogP contribution in [-0.4, -0.2) is 58.9 Å². The highest BCUT2D eigenvalue weighted by molar-refractivity contribution is 6.36. The minimum atomic E-state index is -0.629. The molecular formula is C42H44Cl2FN5O5. The first-order valence-electron chi connectivity index (χ1n) is 18.2. The average molecular weight is 789 g/mol. The van der Waals surface area contributed by atoms with E-state index in [0.717, 1.165) is 52.2 Å². The van der Waals surface area contributed by atoms with Crippen molar-refractivity contribution >= 4 is 40.5 Å².